The van der Waals surface area contributed by atoms with E-state index < -0.39 is 5.92 Å². The number of rotatable bonds is 9. The molecule has 0 fully saturated rings. The van der Waals surface area contributed by atoms with Crippen molar-refractivity contribution in [2.75, 3.05) is 19.4 Å². The first-order chi connectivity index (χ1) is 13.0. The van der Waals surface area contributed by atoms with Crippen LogP contribution >= 0.6 is 11.8 Å². The fourth-order valence-electron chi connectivity index (χ4n) is 2.61. The molecule has 2 aromatic rings. The molecular weight excluding hydrogens is 365 g/mol. The molecule has 1 atom stereocenters. The molecule has 4 nitrogen and oxygen atoms in total. The summed E-state index contributed by atoms with van der Waals surface area (Å²) < 4.78 is 17.7. The molecule has 0 bridgehead atoms. The third kappa shape index (κ3) is 7.06. The zero-order chi connectivity index (χ0) is 19.6. The third-order valence-electron chi connectivity index (χ3n) is 4.07. The number of amides is 1. The summed E-state index contributed by atoms with van der Waals surface area (Å²) in [6.07, 6.45) is 0.336. The Morgan fingerprint density at radius 3 is 2.41 bits per heavy atom. The summed E-state index contributed by atoms with van der Waals surface area (Å²) in [5, 5.41) is 0. The van der Waals surface area contributed by atoms with Crippen LogP contribution in [0.1, 0.15) is 18.9 Å². The standard InChI is InChI=1S/C21H24FNO3S/c1-16(21(25)26-2)14-23(15-17-6-4-3-5-7-17)20(24)12-13-27-19-10-8-18(22)9-11-19/h3-11,16H,12-15H2,1-2H3. The van der Waals surface area contributed by atoms with E-state index in [4.69, 9.17) is 4.74 Å². The van der Waals surface area contributed by atoms with Gasteiger partial charge in [-0.15, -0.1) is 11.8 Å². The van der Waals surface area contributed by atoms with Gasteiger partial charge in [-0.05, 0) is 29.8 Å². The summed E-state index contributed by atoms with van der Waals surface area (Å²) in [5.41, 5.74) is 1.01. The molecule has 144 valence electrons. The Labute approximate surface area is 163 Å². The van der Waals surface area contributed by atoms with Crippen molar-refractivity contribution >= 4 is 23.6 Å². The minimum atomic E-state index is -0.396. The molecule has 0 radical (unpaired) electrons. The Morgan fingerprint density at radius 2 is 1.78 bits per heavy atom. The van der Waals surface area contributed by atoms with Crippen molar-refractivity contribution in [3.63, 3.8) is 0 Å². The van der Waals surface area contributed by atoms with Gasteiger partial charge in [-0.25, -0.2) is 4.39 Å². The monoisotopic (exact) mass is 389 g/mol. The van der Waals surface area contributed by atoms with Crippen LogP contribution in [0.5, 0.6) is 0 Å². The van der Waals surface area contributed by atoms with E-state index in [2.05, 4.69) is 0 Å². The first-order valence-corrected chi connectivity index (χ1v) is 9.76. The van der Waals surface area contributed by atoms with Crippen molar-refractivity contribution in [2.24, 2.45) is 5.92 Å². The normalized spacial score (nSPS) is 11.7. The Hall–Kier alpha value is -2.34. The molecule has 1 unspecified atom stereocenters. The molecule has 27 heavy (non-hydrogen) atoms. The van der Waals surface area contributed by atoms with E-state index in [9.17, 15) is 14.0 Å². The molecule has 0 saturated heterocycles. The third-order valence-corrected chi connectivity index (χ3v) is 5.08. The number of carbonyl (C=O) groups is 2. The maximum Gasteiger partial charge on any atom is 0.310 e. The molecular formula is C21H24FNO3S. The van der Waals surface area contributed by atoms with E-state index in [1.54, 1.807) is 24.0 Å². The lowest BCUT2D eigenvalue weighted by Gasteiger charge is -2.25. The van der Waals surface area contributed by atoms with Crippen LogP contribution < -0.4 is 0 Å². The van der Waals surface area contributed by atoms with Gasteiger partial charge >= 0.3 is 5.97 Å². The average molecular weight is 389 g/mol. The van der Waals surface area contributed by atoms with Crippen LogP contribution in [-0.4, -0.2) is 36.2 Å². The number of benzene rings is 2. The van der Waals surface area contributed by atoms with E-state index in [-0.39, 0.29) is 17.7 Å². The number of halogens is 1. The molecule has 0 aliphatic carbocycles. The van der Waals surface area contributed by atoms with Crippen molar-refractivity contribution < 1.29 is 18.7 Å². The Bertz CT molecular complexity index is 737. The molecule has 0 aromatic heterocycles. The number of hydrogen-bond donors (Lipinski definition) is 0. The summed E-state index contributed by atoms with van der Waals surface area (Å²) in [6.45, 7) is 2.51. The maximum absolute atomic E-state index is 13.0. The van der Waals surface area contributed by atoms with E-state index in [0.717, 1.165) is 10.5 Å². The van der Waals surface area contributed by atoms with Crippen molar-refractivity contribution in [3.8, 4) is 0 Å². The predicted octanol–water partition coefficient (Wildman–Crippen LogP) is 4.15. The lowest BCUT2D eigenvalue weighted by atomic mass is 10.1. The quantitative estimate of drug-likeness (QED) is 0.478. The highest BCUT2D eigenvalue weighted by Gasteiger charge is 2.21. The van der Waals surface area contributed by atoms with Crippen LogP contribution in [0.25, 0.3) is 0 Å². The molecule has 6 heteroatoms. The van der Waals surface area contributed by atoms with Gasteiger partial charge in [0.2, 0.25) is 5.91 Å². The highest BCUT2D eigenvalue weighted by molar-refractivity contribution is 7.99. The Balaban J connectivity index is 1.96. The second-order valence-corrected chi connectivity index (χ2v) is 7.40. The lowest BCUT2D eigenvalue weighted by molar-refractivity contribution is -0.146. The lowest BCUT2D eigenvalue weighted by Crippen LogP contribution is -2.37. The highest BCUT2D eigenvalue weighted by atomic mass is 32.2. The van der Waals surface area contributed by atoms with E-state index in [1.807, 2.05) is 30.3 Å². The SMILES string of the molecule is COC(=O)C(C)CN(Cc1ccccc1)C(=O)CCSc1ccc(F)cc1. The van der Waals surface area contributed by atoms with Gasteiger partial charge in [-0.3, -0.25) is 9.59 Å². The van der Waals surface area contributed by atoms with Gasteiger partial charge < -0.3 is 9.64 Å². The highest BCUT2D eigenvalue weighted by Crippen LogP contribution is 2.20. The Kier molecular flexibility index (Phi) is 8.33. The zero-order valence-corrected chi connectivity index (χ0v) is 16.4. The summed E-state index contributed by atoms with van der Waals surface area (Å²) in [7, 11) is 1.35. The van der Waals surface area contributed by atoms with Gasteiger partial charge in [0.25, 0.3) is 0 Å². The molecule has 0 aliphatic heterocycles. The summed E-state index contributed by atoms with van der Waals surface area (Å²) in [6, 6.07) is 15.9. The molecule has 0 N–H and O–H groups in total. The molecule has 0 saturated carbocycles. The summed E-state index contributed by atoms with van der Waals surface area (Å²) in [5.74, 6) is -0.443. The number of hydrogen-bond acceptors (Lipinski definition) is 4. The fraction of sp³-hybridized carbons (Fsp3) is 0.333. The van der Waals surface area contributed by atoms with Crippen molar-refractivity contribution in [3.05, 3.63) is 66.0 Å². The van der Waals surface area contributed by atoms with Crippen molar-refractivity contribution in [1.82, 2.24) is 4.90 Å². The van der Waals surface area contributed by atoms with Crippen LogP contribution in [0.4, 0.5) is 4.39 Å². The fourth-order valence-corrected chi connectivity index (χ4v) is 3.45. The van der Waals surface area contributed by atoms with Crippen LogP contribution in [0.15, 0.2) is 59.5 Å². The van der Waals surface area contributed by atoms with Gasteiger partial charge in [0.05, 0.1) is 13.0 Å². The van der Waals surface area contributed by atoms with Gasteiger partial charge in [0, 0.05) is 30.2 Å². The number of ether oxygens (including phenoxy) is 1. The van der Waals surface area contributed by atoms with Crippen LogP contribution in [0.2, 0.25) is 0 Å². The first-order valence-electron chi connectivity index (χ1n) is 8.77. The second kappa shape index (κ2) is 10.7. The van der Waals surface area contributed by atoms with Crippen LogP contribution in [-0.2, 0) is 20.9 Å². The number of esters is 1. The van der Waals surface area contributed by atoms with Crippen molar-refractivity contribution in [1.29, 1.82) is 0 Å². The second-order valence-electron chi connectivity index (χ2n) is 6.24. The van der Waals surface area contributed by atoms with E-state index >= 15 is 0 Å². The maximum atomic E-state index is 13.0. The zero-order valence-electron chi connectivity index (χ0n) is 15.6. The molecule has 0 heterocycles. The van der Waals surface area contributed by atoms with E-state index in [0.29, 0.717) is 25.3 Å². The molecule has 0 spiro atoms. The van der Waals surface area contributed by atoms with E-state index in [1.165, 1.54) is 31.0 Å². The van der Waals surface area contributed by atoms with Gasteiger partial charge in [0.1, 0.15) is 5.82 Å². The van der Waals surface area contributed by atoms with Crippen molar-refractivity contribution in [2.45, 2.75) is 24.8 Å². The minimum absolute atomic E-state index is 0.0239. The summed E-state index contributed by atoms with van der Waals surface area (Å²) >= 11 is 1.51. The number of carbonyl (C=O) groups excluding carboxylic acids is 2. The number of nitrogens with zero attached hydrogens (tertiary/aromatic N) is 1. The topological polar surface area (TPSA) is 46.6 Å². The molecule has 2 rings (SSSR count). The van der Waals surface area contributed by atoms with Gasteiger partial charge in [-0.2, -0.15) is 0 Å². The summed E-state index contributed by atoms with van der Waals surface area (Å²) in [4.78, 5) is 27.1. The van der Waals surface area contributed by atoms with Gasteiger partial charge in [-0.1, -0.05) is 37.3 Å². The Morgan fingerprint density at radius 1 is 1.11 bits per heavy atom. The molecule has 1 amide bonds. The van der Waals surface area contributed by atoms with Crippen LogP contribution in [0.3, 0.4) is 0 Å². The number of thioether (sulfide) groups is 1. The smallest absolute Gasteiger partial charge is 0.310 e. The molecule has 2 aromatic carbocycles. The minimum Gasteiger partial charge on any atom is -0.469 e. The van der Waals surface area contributed by atoms with Crippen LogP contribution in [0, 0.1) is 11.7 Å². The first kappa shape index (κ1) is 21.0. The largest absolute Gasteiger partial charge is 0.469 e. The average Bonchev–Trinajstić information content (AvgIpc) is 2.69. The van der Waals surface area contributed by atoms with Gasteiger partial charge in [0.15, 0.2) is 0 Å². The molecule has 0 aliphatic rings. The number of methoxy groups -OCH3 is 1. The predicted molar refractivity (Wildman–Crippen MR) is 105 cm³/mol.